The average Bonchev–Trinajstić information content (AvgIpc) is 2.73. The van der Waals surface area contributed by atoms with Crippen molar-refractivity contribution in [3.8, 4) is 5.75 Å². The van der Waals surface area contributed by atoms with Crippen LogP contribution in [0.25, 0.3) is 0 Å². The molecule has 0 aliphatic carbocycles. The summed E-state index contributed by atoms with van der Waals surface area (Å²) in [6, 6.07) is 15.6. The highest BCUT2D eigenvalue weighted by molar-refractivity contribution is 5.91. The molecule has 3 rings (SSSR count). The van der Waals surface area contributed by atoms with Crippen molar-refractivity contribution in [2.75, 3.05) is 18.6 Å². The van der Waals surface area contributed by atoms with E-state index in [1.807, 2.05) is 23.1 Å². The molecular weight excluding hydrogens is 359 g/mol. The second-order valence-corrected chi connectivity index (χ2v) is 6.04. The van der Waals surface area contributed by atoms with Crippen molar-refractivity contribution >= 4 is 17.3 Å². The zero-order valence-corrected chi connectivity index (χ0v) is 15.8. The highest BCUT2D eigenvalue weighted by atomic mass is 19.1. The van der Waals surface area contributed by atoms with Crippen molar-refractivity contribution in [2.45, 2.75) is 13.5 Å². The van der Waals surface area contributed by atoms with E-state index in [1.165, 1.54) is 13.2 Å². The van der Waals surface area contributed by atoms with Gasteiger partial charge in [0.25, 0.3) is 0 Å². The van der Waals surface area contributed by atoms with E-state index in [0.717, 1.165) is 16.9 Å². The van der Waals surface area contributed by atoms with Crippen molar-refractivity contribution in [1.29, 1.82) is 0 Å². The minimum absolute atomic E-state index is 0.148. The molecule has 0 spiro atoms. The molecule has 0 radical (unpaired) electrons. The predicted octanol–water partition coefficient (Wildman–Crippen LogP) is 4.74. The average molecular weight is 380 g/mol. The molecule has 144 valence electrons. The van der Waals surface area contributed by atoms with Gasteiger partial charge in [0.1, 0.15) is 0 Å². The molecule has 1 aromatic heterocycles. The molecule has 3 aromatic rings. The molecule has 0 bridgehead atoms. The Morgan fingerprint density at radius 2 is 1.93 bits per heavy atom. The fraction of sp³-hybridized carbons (Fsp3) is 0.182. The Bertz CT molecular complexity index is 948. The fourth-order valence-electron chi connectivity index (χ4n) is 2.84. The summed E-state index contributed by atoms with van der Waals surface area (Å²) in [5.41, 5.74) is 2.91. The van der Waals surface area contributed by atoms with Gasteiger partial charge in [0.15, 0.2) is 11.6 Å². The Hall–Kier alpha value is -3.41. The third-order valence-electron chi connectivity index (χ3n) is 4.18. The Kier molecular flexibility index (Phi) is 6.22. The Morgan fingerprint density at radius 3 is 2.64 bits per heavy atom. The van der Waals surface area contributed by atoms with Crippen molar-refractivity contribution in [3.05, 3.63) is 83.9 Å². The summed E-state index contributed by atoms with van der Waals surface area (Å²) in [7, 11) is 1.43. The van der Waals surface area contributed by atoms with Gasteiger partial charge in [-0.1, -0.05) is 12.1 Å². The monoisotopic (exact) mass is 380 g/mol. The maximum absolute atomic E-state index is 13.9. The van der Waals surface area contributed by atoms with E-state index in [0.29, 0.717) is 18.7 Å². The third kappa shape index (κ3) is 4.46. The van der Waals surface area contributed by atoms with Crippen molar-refractivity contribution in [2.24, 2.45) is 0 Å². The second-order valence-electron chi connectivity index (χ2n) is 6.04. The van der Waals surface area contributed by atoms with Crippen LogP contribution >= 0.6 is 0 Å². The van der Waals surface area contributed by atoms with Crippen LogP contribution in [0, 0.1) is 5.82 Å². The summed E-state index contributed by atoms with van der Waals surface area (Å²) < 4.78 is 24.1. The smallest absolute Gasteiger partial charge is 0.338 e. The first kappa shape index (κ1) is 19.4. The van der Waals surface area contributed by atoms with Crippen LogP contribution in [0.15, 0.2) is 67.0 Å². The van der Waals surface area contributed by atoms with Crippen LogP contribution in [-0.2, 0) is 11.3 Å². The van der Waals surface area contributed by atoms with Gasteiger partial charge in [0.2, 0.25) is 0 Å². The van der Waals surface area contributed by atoms with Crippen LogP contribution < -0.4 is 9.64 Å². The number of anilines is 2. The fourth-order valence-corrected chi connectivity index (χ4v) is 2.84. The molecule has 5 nitrogen and oxygen atoms in total. The minimum atomic E-state index is -0.437. The van der Waals surface area contributed by atoms with Crippen molar-refractivity contribution in [1.82, 2.24) is 4.98 Å². The lowest BCUT2D eigenvalue weighted by Gasteiger charge is -2.26. The summed E-state index contributed by atoms with van der Waals surface area (Å²) in [5, 5.41) is 0. The Morgan fingerprint density at radius 1 is 1.11 bits per heavy atom. The highest BCUT2D eigenvalue weighted by Gasteiger charge is 2.16. The lowest BCUT2D eigenvalue weighted by atomic mass is 10.1. The maximum atomic E-state index is 13.9. The van der Waals surface area contributed by atoms with Crippen LogP contribution in [0.5, 0.6) is 5.75 Å². The number of nitrogens with zero attached hydrogens (tertiary/aromatic N) is 2. The first-order chi connectivity index (χ1) is 13.6. The molecule has 0 N–H and O–H groups in total. The summed E-state index contributed by atoms with van der Waals surface area (Å²) in [4.78, 5) is 18.3. The summed E-state index contributed by atoms with van der Waals surface area (Å²) >= 11 is 0. The van der Waals surface area contributed by atoms with Gasteiger partial charge in [0.05, 0.1) is 19.3 Å². The van der Waals surface area contributed by atoms with E-state index in [2.05, 4.69) is 4.98 Å². The first-order valence-corrected chi connectivity index (χ1v) is 8.89. The number of benzene rings is 2. The molecule has 0 aliphatic rings. The van der Waals surface area contributed by atoms with E-state index in [9.17, 15) is 9.18 Å². The molecular formula is C22H21FN2O3. The molecule has 0 fully saturated rings. The molecule has 0 saturated heterocycles. The topological polar surface area (TPSA) is 51.7 Å². The van der Waals surface area contributed by atoms with Gasteiger partial charge >= 0.3 is 5.97 Å². The van der Waals surface area contributed by atoms with E-state index < -0.39 is 5.82 Å². The largest absolute Gasteiger partial charge is 0.494 e. The molecule has 2 aromatic carbocycles. The van der Waals surface area contributed by atoms with Gasteiger partial charge in [-0.3, -0.25) is 4.98 Å². The van der Waals surface area contributed by atoms with E-state index in [-0.39, 0.29) is 11.7 Å². The van der Waals surface area contributed by atoms with Crippen LogP contribution in [0.3, 0.4) is 0 Å². The number of carbonyl (C=O) groups is 1. The molecule has 0 amide bonds. The maximum Gasteiger partial charge on any atom is 0.338 e. The zero-order chi connectivity index (χ0) is 19.9. The molecule has 1 heterocycles. The number of ether oxygens (including phenoxy) is 2. The van der Waals surface area contributed by atoms with Crippen molar-refractivity contribution < 1.29 is 18.7 Å². The molecule has 28 heavy (non-hydrogen) atoms. The number of hydrogen-bond donors (Lipinski definition) is 0. The van der Waals surface area contributed by atoms with Crippen LogP contribution in [0.1, 0.15) is 22.8 Å². The molecule has 0 unspecified atom stereocenters. The first-order valence-electron chi connectivity index (χ1n) is 8.89. The number of esters is 1. The number of aromatic nitrogens is 1. The SMILES string of the molecule is CCOC(=O)c1cccc(N(Cc2cccnc2)c2ccc(F)c(OC)c2)c1. The normalized spacial score (nSPS) is 10.4. The van der Waals surface area contributed by atoms with Crippen LogP contribution in [-0.4, -0.2) is 24.7 Å². The number of carbonyl (C=O) groups excluding carboxylic acids is 1. The standard InChI is InChI=1S/C22H21FN2O3/c1-3-28-22(26)17-7-4-8-18(12-17)25(15-16-6-5-11-24-14-16)19-9-10-20(23)21(13-19)27-2/h4-14H,3,15H2,1-2H3. The number of rotatable bonds is 7. The van der Waals surface area contributed by atoms with E-state index >= 15 is 0 Å². The highest BCUT2D eigenvalue weighted by Crippen LogP contribution is 2.32. The Balaban J connectivity index is 2.04. The van der Waals surface area contributed by atoms with Gasteiger partial charge in [-0.05, 0) is 48.9 Å². The van der Waals surface area contributed by atoms with Crippen LogP contribution in [0.4, 0.5) is 15.8 Å². The summed E-state index contributed by atoms with van der Waals surface area (Å²) in [5.74, 6) is -0.676. The van der Waals surface area contributed by atoms with Crippen molar-refractivity contribution in [3.63, 3.8) is 0 Å². The summed E-state index contributed by atoms with van der Waals surface area (Å²) in [6.45, 7) is 2.55. The molecule has 0 saturated carbocycles. The Labute approximate surface area is 163 Å². The van der Waals surface area contributed by atoms with Gasteiger partial charge in [-0.2, -0.15) is 0 Å². The predicted molar refractivity (Wildman–Crippen MR) is 105 cm³/mol. The van der Waals surface area contributed by atoms with Gasteiger partial charge < -0.3 is 14.4 Å². The number of pyridine rings is 1. The molecule has 0 atom stereocenters. The van der Waals surface area contributed by atoms with E-state index in [1.54, 1.807) is 49.6 Å². The van der Waals surface area contributed by atoms with E-state index in [4.69, 9.17) is 9.47 Å². The second kappa shape index (κ2) is 8.99. The lowest BCUT2D eigenvalue weighted by molar-refractivity contribution is 0.0526. The summed E-state index contributed by atoms with van der Waals surface area (Å²) in [6.07, 6.45) is 3.47. The number of halogens is 1. The van der Waals surface area contributed by atoms with Gasteiger partial charge in [-0.25, -0.2) is 9.18 Å². The minimum Gasteiger partial charge on any atom is -0.494 e. The zero-order valence-electron chi connectivity index (χ0n) is 15.8. The van der Waals surface area contributed by atoms with Crippen LogP contribution in [0.2, 0.25) is 0 Å². The molecule has 6 heteroatoms. The van der Waals surface area contributed by atoms with Gasteiger partial charge in [0, 0.05) is 36.4 Å². The molecule has 0 aliphatic heterocycles. The lowest BCUT2D eigenvalue weighted by Crippen LogP contribution is -2.17. The van der Waals surface area contributed by atoms with Gasteiger partial charge in [-0.15, -0.1) is 0 Å². The third-order valence-corrected chi connectivity index (χ3v) is 4.18. The number of methoxy groups -OCH3 is 1. The number of hydrogen-bond acceptors (Lipinski definition) is 5. The quantitative estimate of drug-likeness (QED) is 0.554.